The van der Waals surface area contributed by atoms with Crippen LogP contribution in [0.25, 0.3) is 0 Å². The minimum atomic E-state index is -0.125. The van der Waals surface area contributed by atoms with E-state index in [9.17, 15) is 0 Å². The first kappa shape index (κ1) is 29.6. The second kappa shape index (κ2) is 42.8. The maximum absolute atomic E-state index is 8.09. The molecule has 0 heterocycles. The van der Waals surface area contributed by atoms with Crippen molar-refractivity contribution in [2.45, 2.75) is 0 Å². The molecule has 0 aliphatic carbocycles. The highest BCUT2D eigenvalue weighted by Crippen LogP contribution is 1.68. The van der Waals surface area contributed by atoms with Crippen molar-refractivity contribution in [3.05, 3.63) is 0 Å². The highest BCUT2D eigenvalue weighted by Gasteiger charge is 1.80. The zero-order chi connectivity index (χ0) is 17.9. The second-order valence-electron chi connectivity index (χ2n) is 3.01. The van der Waals surface area contributed by atoms with E-state index in [0.29, 0.717) is 26.4 Å². The lowest BCUT2D eigenvalue weighted by Crippen LogP contribution is -2.03. The highest BCUT2D eigenvalue weighted by atomic mass is 16.5. The third-order valence-electron chi connectivity index (χ3n) is 1.14. The fourth-order valence-electron chi connectivity index (χ4n) is 0.462. The van der Waals surface area contributed by atoms with Crippen LogP contribution in [0.4, 0.5) is 0 Å². The van der Waals surface area contributed by atoms with Crippen molar-refractivity contribution in [1.29, 1.82) is 0 Å². The maximum atomic E-state index is 8.09. The van der Waals surface area contributed by atoms with Crippen LogP contribution in [0, 0.1) is 0 Å². The van der Waals surface area contributed by atoms with Crippen LogP contribution in [0.5, 0.6) is 0 Å². The molecule has 0 atom stereocenters. The molecule has 0 aromatic carbocycles. The predicted molar refractivity (Wildman–Crippen MR) is 78.3 cm³/mol. The molecule has 0 amide bonds. The van der Waals surface area contributed by atoms with Gasteiger partial charge in [-0.15, -0.1) is 0 Å². The Morgan fingerprint density at radius 3 is 0.591 bits per heavy atom. The van der Waals surface area contributed by atoms with Crippen molar-refractivity contribution in [3.63, 3.8) is 0 Å². The first-order valence-corrected chi connectivity index (χ1v) is 6.68. The molecule has 0 aromatic rings. The summed E-state index contributed by atoms with van der Waals surface area (Å²) >= 11 is 0. The molecule has 140 valence electrons. The van der Waals surface area contributed by atoms with Gasteiger partial charge in [0.1, 0.15) is 0 Å². The number of hydrogen-bond acceptors (Lipinski definition) is 10. The summed E-state index contributed by atoms with van der Waals surface area (Å²) in [5.41, 5.74) is 0. The van der Waals surface area contributed by atoms with Gasteiger partial charge < -0.3 is 50.3 Å². The molecule has 10 nitrogen and oxygen atoms in total. The summed E-state index contributed by atoms with van der Waals surface area (Å²) in [6, 6.07) is 0. The quantitative estimate of drug-likeness (QED) is 0.183. The van der Waals surface area contributed by atoms with Gasteiger partial charge in [-0.2, -0.15) is 0 Å². The molecule has 0 aliphatic rings. The molecule has 8 N–H and O–H groups in total. The molecule has 0 spiro atoms. The molecule has 0 bridgehead atoms. The van der Waals surface area contributed by atoms with Crippen LogP contribution in [0.1, 0.15) is 0 Å². The molecule has 0 fully saturated rings. The Hall–Kier alpha value is -0.400. The Morgan fingerprint density at radius 1 is 0.318 bits per heavy atom. The number of hydrogen-bond donors (Lipinski definition) is 8. The van der Waals surface area contributed by atoms with Crippen molar-refractivity contribution in [3.8, 4) is 0 Å². The van der Waals surface area contributed by atoms with Crippen molar-refractivity contribution < 1.29 is 50.3 Å². The standard InChI is InChI=1S/2C4H10O3.2C2H6O2/c2*5-1-3-7-4-2-6;2*3-1-2-4/h2*5-6H,1-4H2;2*3-4H,1-2H2. The van der Waals surface area contributed by atoms with Crippen LogP contribution >= 0.6 is 0 Å². The summed E-state index contributed by atoms with van der Waals surface area (Å²) < 4.78 is 9.26. The molecule has 0 rings (SSSR count). The Bertz CT molecular complexity index is 102. The summed E-state index contributed by atoms with van der Waals surface area (Å²) in [5.74, 6) is 0. The summed E-state index contributed by atoms with van der Waals surface area (Å²) in [6.45, 7) is 0.891. The molecule has 0 saturated carbocycles. The van der Waals surface area contributed by atoms with Crippen LogP contribution in [-0.2, 0) is 9.47 Å². The molecule has 0 radical (unpaired) electrons. The number of ether oxygens (including phenoxy) is 2. The van der Waals surface area contributed by atoms with Gasteiger partial charge in [0, 0.05) is 0 Å². The molecule has 0 aliphatic heterocycles. The summed E-state index contributed by atoms with van der Waals surface area (Å²) in [5, 5.41) is 62.8. The summed E-state index contributed by atoms with van der Waals surface area (Å²) in [4.78, 5) is 0. The van der Waals surface area contributed by atoms with Crippen molar-refractivity contribution in [2.75, 3.05) is 79.3 Å². The maximum Gasteiger partial charge on any atom is 0.0698 e. The Labute approximate surface area is 130 Å². The van der Waals surface area contributed by atoms with E-state index in [1.807, 2.05) is 0 Å². The molecule has 0 unspecified atom stereocenters. The third kappa shape index (κ3) is 73.6. The smallest absolute Gasteiger partial charge is 0.0698 e. The largest absolute Gasteiger partial charge is 0.394 e. The van der Waals surface area contributed by atoms with Crippen molar-refractivity contribution in [1.82, 2.24) is 0 Å². The van der Waals surface area contributed by atoms with E-state index in [2.05, 4.69) is 9.47 Å². The van der Waals surface area contributed by atoms with Gasteiger partial charge in [0.25, 0.3) is 0 Å². The van der Waals surface area contributed by atoms with E-state index in [1.165, 1.54) is 0 Å². The van der Waals surface area contributed by atoms with Crippen LogP contribution in [-0.4, -0.2) is 120 Å². The fraction of sp³-hybridized carbons (Fsp3) is 1.00. The molecular formula is C12H32O10. The number of rotatable bonds is 10. The average molecular weight is 336 g/mol. The Morgan fingerprint density at radius 2 is 0.500 bits per heavy atom. The van der Waals surface area contributed by atoms with Gasteiger partial charge in [0.05, 0.1) is 79.3 Å². The second-order valence-corrected chi connectivity index (χ2v) is 3.01. The van der Waals surface area contributed by atoms with Crippen molar-refractivity contribution >= 4 is 0 Å². The van der Waals surface area contributed by atoms with Gasteiger partial charge in [-0.1, -0.05) is 0 Å². The zero-order valence-corrected chi connectivity index (χ0v) is 12.9. The first-order valence-electron chi connectivity index (χ1n) is 6.68. The van der Waals surface area contributed by atoms with E-state index in [4.69, 9.17) is 40.9 Å². The lowest BCUT2D eigenvalue weighted by atomic mass is 10.7. The Kier molecular flexibility index (Phi) is 57.5. The van der Waals surface area contributed by atoms with E-state index in [1.54, 1.807) is 0 Å². The third-order valence-corrected chi connectivity index (χ3v) is 1.14. The van der Waals surface area contributed by atoms with Crippen molar-refractivity contribution in [2.24, 2.45) is 0 Å². The van der Waals surface area contributed by atoms with E-state index in [-0.39, 0.29) is 52.9 Å². The monoisotopic (exact) mass is 336 g/mol. The minimum absolute atomic E-state index is 0.0278. The SMILES string of the molecule is OCCO.OCCO.OCCOCCO.OCCOCCO. The number of aliphatic hydroxyl groups is 8. The van der Waals surface area contributed by atoms with Gasteiger partial charge in [0.15, 0.2) is 0 Å². The summed E-state index contributed by atoms with van der Waals surface area (Å²) in [6.07, 6.45) is 0. The fourth-order valence-corrected chi connectivity index (χ4v) is 0.462. The van der Waals surface area contributed by atoms with E-state index >= 15 is 0 Å². The molecule has 0 aromatic heterocycles. The van der Waals surface area contributed by atoms with Crippen LogP contribution < -0.4 is 0 Å². The number of aliphatic hydroxyl groups excluding tert-OH is 8. The lowest BCUT2D eigenvalue weighted by Gasteiger charge is -1.94. The topological polar surface area (TPSA) is 180 Å². The van der Waals surface area contributed by atoms with Gasteiger partial charge in [-0.05, 0) is 0 Å². The Balaban J connectivity index is -0.000000102. The van der Waals surface area contributed by atoms with Gasteiger partial charge >= 0.3 is 0 Å². The molecular weight excluding hydrogens is 304 g/mol. The van der Waals surface area contributed by atoms with E-state index < -0.39 is 0 Å². The van der Waals surface area contributed by atoms with E-state index in [0.717, 1.165) is 0 Å². The normalized spacial score (nSPS) is 8.73. The predicted octanol–water partition coefficient (Wildman–Crippen LogP) is -4.08. The molecule has 22 heavy (non-hydrogen) atoms. The van der Waals surface area contributed by atoms with Crippen LogP contribution in [0.15, 0.2) is 0 Å². The highest BCUT2D eigenvalue weighted by molar-refractivity contribution is 4.24. The van der Waals surface area contributed by atoms with Gasteiger partial charge in [-0.3, -0.25) is 0 Å². The first-order chi connectivity index (χ1) is 10.7. The average Bonchev–Trinajstić information content (AvgIpc) is 2.57. The minimum Gasteiger partial charge on any atom is -0.394 e. The van der Waals surface area contributed by atoms with Crippen LogP contribution in [0.3, 0.4) is 0 Å². The summed E-state index contributed by atoms with van der Waals surface area (Å²) in [7, 11) is 0. The van der Waals surface area contributed by atoms with Gasteiger partial charge in [-0.25, -0.2) is 0 Å². The molecule has 10 heteroatoms. The zero-order valence-electron chi connectivity index (χ0n) is 12.9. The van der Waals surface area contributed by atoms with Crippen LogP contribution in [0.2, 0.25) is 0 Å². The lowest BCUT2D eigenvalue weighted by molar-refractivity contribution is 0.0649. The van der Waals surface area contributed by atoms with Gasteiger partial charge in [0.2, 0.25) is 0 Å². The molecule has 0 saturated heterocycles.